The van der Waals surface area contributed by atoms with Crippen molar-refractivity contribution in [2.24, 2.45) is 0 Å². The minimum absolute atomic E-state index is 0.0184. The molecule has 1 saturated heterocycles. The molecule has 0 aliphatic carbocycles. The molecule has 1 heterocycles. The minimum atomic E-state index is -0.0184. The van der Waals surface area contributed by atoms with E-state index in [0.29, 0.717) is 6.04 Å². The van der Waals surface area contributed by atoms with Gasteiger partial charge in [-0.2, -0.15) is 0 Å². The maximum absolute atomic E-state index is 12.3. The molecule has 1 aliphatic heterocycles. The molecule has 22 heavy (non-hydrogen) atoms. The lowest BCUT2D eigenvalue weighted by atomic mass is 10.2. The molecule has 0 saturated carbocycles. The SMILES string of the molecule is CN(c1ccccc1)C1CCN(C(=O)Nc2ccccc2)C1. The number of hydrogen-bond acceptors (Lipinski definition) is 2. The molecule has 2 amide bonds. The van der Waals surface area contributed by atoms with Crippen LogP contribution in [0.15, 0.2) is 60.7 Å². The van der Waals surface area contributed by atoms with Gasteiger partial charge in [-0.3, -0.25) is 0 Å². The summed E-state index contributed by atoms with van der Waals surface area (Å²) in [6.07, 6.45) is 0.994. The molecule has 1 aliphatic rings. The van der Waals surface area contributed by atoms with E-state index < -0.39 is 0 Å². The molecule has 4 nitrogen and oxygen atoms in total. The highest BCUT2D eigenvalue weighted by Crippen LogP contribution is 2.21. The van der Waals surface area contributed by atoms with Crippen molar-refractivity contribution in [3.8, 4) is 0 Å². The molecule has 0 bridgehead atoms. The smallest absolute Gasteiger partial charge is 0.321 e. The van der Waals surface area contributed by atoms with Gasteiger partial charge in [-0.15, -0.1) is 0 Å². The van der Waals surface area contributed by atoms with Crippen LogP contribution in [0.4, 0.5) is 16.2 Å². The molecule has 1 unspecified atom stereocenters. The summed E-state index contributed by atoms with van der Waals surface area (Å²) >= 11 is 0. The van der Waals surface area contributed by atoms with Gasteiger partial charge in [-0.05, 0) is 30.7 Å². The fraction of sp³-hybridized carbons (Fsp3) is 0.278. The van der Waals surface area contributed by atoms with Crippen LogP contribution < -0.4 is 10.2 Å². The number of carbonyl (C=O) groups excluding carboxylic acids is 1. The van der Waals surface area contributed by atoms with Crippen LogP contribution in [0.5, 0.6) is 0 Å². The van der Waals surface area contributed by atoms with E-state index >= 15 is 0 Å². The number of urea groups is 1. The Balaban J connectivity index is 1.59. The van der Waals surface area contributed by atoms with E-state index in [-0.39, 0.29) is 6.03 Å². The highest BCUT2D eigenvalue weighted by Gasteiger charge is 2.29. The largest absolute Gasteiger partial charge is 0.370 e. The molecule has 1 atom stereocenters. The van der Waals surface area contributed by atoms with Crippen LogP contribution in [0, 0.1) is 0 Å². The van der Waals surface area contributed by atoms with Crippen LogP contribution >= 0.6 is 0 Å². The quantitative estimate of drug-likeness (QED) is 0.941. The predicted octanol–water partition coefficient (Wildman–Crippen LogP) is 3.43. The monoisotopic (exact) mass is 295 g/mol. The van der Waals surface area contributed by atoms with Gasteiger partial charge in [0.25, 0.3) is 0 Å². The van der Waals surface area contributed by atoms with Gasteiger partial charge in [0.2, 0.25) is 0 Å². The zero-order valence-corrected chi connectivity index (χ0v) is 12.8. The average Bonchev–Trinajstić information content (AvgIpc) is 3.06. The van der Waals surface area contributed by atoms with E-state index in [1.165, 1.54) is 5.69 Å². The molecule has 114 valence electrons. The van der Waals surface area contributed by atoms with Crippen LogP contribution in [-0.2, 0) is 0 Å². The number of carbonyl (C=O) groups is 1. The Morgan fingerprint density at radius 3 is 2.41 bits per heavy atom. The molecule has 0 spiro atoms. The van der Waals surface area contributed by atoms with Gasteiger partial charge in [0.15, 0.2) is 0 Å². The van der Waals surface area contributed by atoms with Crippen molar-refractivity contribution < 1.29 is 4.79 Å². The number of nitrogens with zero attached hydrogens (tertiary/aromatic N) is 2. The van der Waals surface area contributed by atoms with E-state index in [1.807, 2.05) is 53.4 Å². The third-order valence-corrected chi connectivity index (χ3v) is 4.19. The highest BCUT2D eigenvalue weighted by atomic mass is 16.2. The molecule has 0 aromatic heterocycles. The normalized spacial score (nSPS) is 17.3. The first kappa shape index (κ1) is 14.4. The highest BCUT2D eigenvalue weighted by molar-refractivity contribution is 5.89. The maximum atomic E-state index is 12.3. The molecular weight excluding hydrogens is 274 g/mol. The van der Waals surface area contributed by atoms with Gasteiger partial charge >= 0.3 is 6.03 Å². The van der Waals surface area contributed by atoms with Crippen molar-refractivity contribution in [3.63, 3.8) is 0 Å². The van der Waals surface area contributed by atoms with Crippen molar-refractivity contribution >= 4 is 17.4 Å². The van der Waals surface area contributed by atoms with Crippen molar-refractivity contribution in [2.75, 3.05) is 30.4 Å². The summed E-state index contributed by atoms with van der Waals surface area (Å²) in [7, 11) is 2.10. The number of likely N-dealkylation sites (tertiary alicyclic amines) is 1. The number of para-hydroxylation sites is 2. The lowest BCUT2D eigenvalue weighted by Gasteiger charge is -2.27. The third kappa shape index (κ3) is 3.22. The van der Waals surface area contributed by atoms with E-state index in [2.05, 4.69) is 29.4 Å². The fourth-order valence-electron chi connectivity index (χ4n) is 2.84. The summed E-state index contributed by atoms with van der Waals surface area (Å²) in [5.74, 6) is 0. The van der Waals surface area contributed by atoms with Gasteiger partial charge < -0.3 is 15.1 Å². The van der Waals surface area contributed by atoms with Crippen LogP contribution in [0.25, 0.3) is 0 Å². The number of anilines is 2. The maximum Gasteiger partial charge on any atom is 0.321 e. The summed E-state index contributed by atoms with van der Waals surface area (Å²) in [5.41, 5.74) is 2.03. The Labute approximate surface area is 131 Å². The second kappa shape index (κ2) is 6.52. The van der Waals surface area contributed by atoms with E-state index in [1.54, 1.807) is 0 Å². The van der Waals surface area contributed by atoms with Gasteiger partial charge in [0.1, 0.15) is 0 Å². The van der Waals surface area contributed by atoms with Gasteiger partial charge in [0, 0.05) is 37.6 Å². The van der Waals surface area contributed by atoms with Crippen molar-refractivity contribution in [2.45, 2.75) is 12.5 Å². The zero-order valence-electron chi connectivity index (χ0n) is 12.8. The molecule has 2 aromatic rings. The lowest BCUT2D eigenvalue weighted by Crippen LogP contribution is -2.38. The van der Waals surface area contributed by atoms with Crippen molar-refractivity contribution in [3.05, 3.63) is 60.7 Å². The first-order valence-electron chi connectivity index (χ1n) is 7.63. The predicted molar refractivity (Wildman–Crippen MR) is 90.3 cm³/mol. The standard InChI is InChI=1S/C18H21N3O/c1-20(16-10-6-3-7-11-16)17-12-13-21(14-17)18(22)19-15-8-4-2-5-9-15/h2-11,17H,12-14H2,1H3,(H,19,22). The van der Waals surface area contributed by atoms with Crippen LogP contribution in [-0.4, -0.2) is 37.1 Å². The van der Waals surface area contributed by atoms with E-state index in [9.17, 15) is 4.79 Å². The summed E-state index contributed by atoms with van der Waals surface area (Å²) in [6.45, 7) is 1.55. The number of amides is 2. The van der Waals surface area contributed by atoms with Gasteiger partial charge in [-0.25, -0.2) is 4.79 Å². The van der Waals surface area contributed by atoms with Crippen LogP contribution in [0.1, 0.15) is 6.42 Å². The molecule has 1 fully saturated rings. The molecule has 4 heteroatoms. The summed E-state index contributed by atoms with van der Waals surface area (Å²) < 4.78 is 0. The number of likely N-dealkylation sites (N-methyl/N-ethyl adjacent to an activating group) is 1. The third-order valence-electron chi connectivity index (χ3n) is 4.19. The Bertz CT molecular complexity index is 615. The topological polar surface area (TPSA) is 35.6 Å². The number of benzene rings is 2. The fourth-order valence-corrected chi connectivity index (χ4v) is 2.84. The molecule has 0 radical (unpaired) electrons. The number of rotatable bonds is 3. The molecule has 3 rings (SSSR count). The van der Waals surface area contributed by atoms with E-state index in [4.69, 9.17) is 0 Å². The zero-order chi connectivity index (χ0) is 15.4. The molecule has 1 N–H and O–H groups in total. The average molecular weight is 295 g/mol. The summed E-state index contributed by atoms with van der Waals surface area (Å²) in [6, 6.07) is 20.3. The Morgan fingerprint density at radius 1 is 1.09 bits per heavy atom. The van der Waals surface area contributed by atoms with Gasteiger partial charge in [0.05, 0.1) is 0 Å². The minimum Gasteiger partial charge on any atom is -0.370 e. The number of hydrogen-bond donors (Lipinski definition) is 1. The lowest BCUT2D eigenvalue weighted by molar-refractivity contribution is 0.222. The second-order valence-electron chi connectivity index (χ2n) is 5.63. The van der Waals surface area contributed by atoms with Crippen LogP contribution in [0.2, 0.25) is 0 Å². The second-order valence-corrected chi connectivity index (χ2v) is 5.63. The van der Waals surface area contributed by atoms with E-state index in [0.717, 1.165) is 25.2 Å². The number of nitrogens with one attached hydrogen (secondary N) is 1. The summed E-state index contributed by atoms with van der Waals surface area (Å²) in [4.78, 5) is 16.5. The van der Waals surface area contributed by atoms with Crippen molar-refractivity contribution in [1.82, 2.24) is 4.90 Å². The molecular formula is C18H21N3O. The Hall–Kier alpha value is -2.49. The molecule has 2 aromatic carbocycles. The first-order chi connectivity index (χ1) is 10.7. The van der Waals surface area contributed by atoms with Gasteiger partial charge in [-0.1, -0.05) is 36.4 Å². The Morgan fingerprint density at radius 2 is 1.73 bits per heavy atom. The first-order valence-corrected chi connectivity index (χ1v) is 7.63. The summed E-state index contributed by atoms with van der Waals surface area (Å²) in [5, 5.41) is 2.95. The Kier molecular flexibility index (Phi) is 4.28. The van der Waals surface area contributed by atoms with Crippen molar-refractivity contribution in [1.29, 1.82) is 0 Å². The van der Waals surface area contributed by atoms with Crippen LogP contribution in [0.3, 0.4) is 0 Å².